The zero-order valence-corrected chi connectivity index (χ0v) is 15.6. The Labute approximate surface area is 153 Å². The molecule has 1 aromatic rings. The van der Waals surface area contributed by atoms with E-state index < -0.39 is 16.0 Å². The van der Waals surface area contributed by atoms with Crippen LogP contribution in [0.5, 0.6) is 0 Å². The Morgan fingerprint density at radius 2 is 1.69 bits per heavy atom. The molecule has 26 heavy (non-hydrogen) atoms. The lowest BCUT2D eigenvalue weighted by Crippen LogP contribution is -2.50. The van der Waals surface area contributed by atoms with E-state index in [1.54, 1.807) is 12.0 Å². The fraction of sp³-hybridized carbons (Fsp3) is 0.529. The van der Waals surface area contributed by atoms with Crippen LogP contribution in [-0.2, 0) is 19.6 Å². The Hall–Kier alpha value is -1.97. The van der Waals surface area contributed by atoms with Gasteiger partial charge < -0.3 is 14.7 Å². The Morgan fingerprint density at radius 1 is 1.08 bits per heavy atom. The Morgan fingerprint density at radius 3 is 2.23 bits per heavy atom. The highest BCUT2D eigenvalue weighted by atomic mass is 32.2. The number of piperazine rings is 1. The van der Waals surface area contributed by atoms with Gasteiger partial charge in [-0.15, -0.1) is 0 Å². The second-order valence-electron chi connectivity index (χ2n) is 6.06. The van der Waals surface area contributed by atoms with Gasteiger partial charge in [-0.25, -0.2) is 13.2 Å². The minimum Gasteiger partial charge on any atom is -0.478 e. The molecule has 1 fully saturated rings. The molecule has 1 N–H and O–H groups in total. The van der Waals surface area contributed by atoms with Gasteiger partial charge in [0.05, 0.1) is 10.5 Å². The molecule has 2 rings (SSSR count). The van der Waals surface area contributed by atoms with E-state index >= 15 is 0 Å². The van der Waals surface area contributed by atoms with Crippen LogP contribution in [0.4, 0.5) is 0 Å². The first-order chi connectivity index (χ1) is 12.4. The molecular formula is C17H24N2O6S. The number of ether oxygens (including phenoxy) is 1. The third kappa shape index (κ3) is 5.03. The highest BCUT2D eigenvalue weighted by Crippen LogP contribution is 2.19. The molecule has 1 aromatic carbocycles. The van der Waals surface area contributed by atoms with Gasteiger partial charge in [0.25, 0.3) is 0 Å². The number of rotatable bonds is 8. The monoisotopic (exact) mass is 384 g/mol. The molecule has 1 aliphatic rings. The maximum atomic E-state index is 12.7. The number of nitrogens with zero attached hydrogens (tertiary/aromatic N) is 2. The third-order valence-electron chi connectivity index (χ3n) is 4.32. The van der Waals surface area contributed by atoms with E-state index in [9.17, 15) is 18.0 Å². The quantitative estimate of drug-likeness (QED) is 0.672. The van der Waals surface area contributed by atoms with Gasteiger partial charge in [-0.1, -0.05) is 0 Å². The molecule has 0 aliphatic carbocycles. The summed E-state index contributed by atoms with van der Waals surface area (Å²) in [5, 5.41) is 8.90. The predicted octanol–water partition coefficient (Wildman–Crippen LogP) is 1.03. The summed E-state index contributed by atoms with van der Waals surface area (Å²) in [6.45, 7) is 1.80. The number of amides is 1. The highest BCUT2D eigenvalue weighted by Gasteiger charge is 2.30. The van der Waals surface area contributed by atoms with Crippen molar-refractivity contribution in [3.8, 4) is 0 Å². The molecule has 0 saturated carbocycles. The lowest BCUT2D eigenvalue weighted by atomic mass is 10.2. The number of carboxylic acids is 1. The van der Waals surface area contributed by atoms with E-state index in [0.29, 0.717) is 26.1 Å². The molecule has 0 bridgehead atoms. The van der Waals surface area contributed by atoms with Crippen LogP contribution in [0.1, 0.15) is 29.6 Å². The van der Waals surface area contributed by atoms with Crippen molar-refractivity contribution in [2.45, 2.75) is 24.2 Å². The van der Waals surface area contributed by atoms with Gasteiger partial charge >= 0.3 is 5.97 Å². The summed E-state index contributed by atoms with van der Waals surface area (Å²) in [7, 11) is -2.07. The number of unbranched alkanes of at least 4 members (excludes halogenated alkanes) is 1. The molecule has 8 nitrogen and oxygen atoms in total. The summed E-state index contributed by atoms with van der Waals surface area (Å²) in [5.74, 6) is -1.07. The number of aromatic carboxylic acids is 1. The first-order valence-corrected chi connectivity index (χ1v) is 9.90. The van der Waals surface area contributed by atoms with Gasteiger partial charge in [0.1, 0.15) is 0 Å². The van der Waals surface area contributed by atoms with Crippen molar-refractivity contribution in [3.05, 3.63) is 29.8 Å². The van der Waals surface area contributed by atoms with Gasteiger partial charge in [-0.05, 0) is 37.1 Å². The van der Waals surface area contributed by atoms with Crippen LogP contribution in [0.25, 0.3) is 0 Å². The summed E-state index contributed by atoms with van der Waals surface area (Å²) in [6, 6.07) is 5.14. The smallest absolute Gasteiger partial charge is 0.335 e. The number of sulfonamides is 1. The highest BCUT2D eigenvalue weighted by molar-refractivity contribution is 7.89. The van der Waals surface area contributed by atoms with Crippen LogP contribution < -0.4 is 0 Å². The number of benzene rings is 1. The summed E-state index contributed by atoms with van der Waals surface area (Å²) in [6.07, 6.45) is 2.01. The summed E-state index contributed by atoms with van der Waals surface area (Å²) in [5.41, 5.74) is 0.0350. The van der Waals surface area contributed by atoms with Crippen LogP contribution >= 0.6 is 0 Å². The summed E-state index contributed by atoms with van der Waals surface area (Å²) >= 11 is 0. The molecule has 1 aliphatic heterocycles. The van der Waals surface area contributed by atoms with E-state index in [0.717, 1.165) is 12.8 Å². The van der Waals surface area contributed by atoms with E-state index in [2.05, 4.69) is 0 Å². The largest absolute Gasteiger partial charge is 0.478 e. The molecular weight excluding hydrogens is 360 g/mol. The fourth-order valence-electron chi connectivity index (χ4n) is 2.78. The molecule has 1 saturated heterocycles. The van der Waals surface area contributed by atoms with Crippen molar-refractivity contribution in [1.82, 2.24) is 9.21 Å². The van der Waals surface area contributed by atoms with Gasteiger partial charge in [0.2, 0.25) is 15.9 Å². The van der Waals surface area contributed by atoms with E-state index in [-0.39, 0.29) is 29.5 Å². The first-order valence-electron chi connectivity index (χ1n) is 8.46. The van der Waals surface area contributed by atoms with E-state index in [4.69, 9.17) is 9.84 Å². The van der Waals surface area contributed by atoms with Gasteiger partial charge in [-0.2, -0.15) is 4.31 Å². The van der Waals surface area contributed by atoms with Gasteiger partial charge in [0.15, 0.2) is 0 Å². The number of carboxylic acid groups (broad SMARTS) is 1. The topological polar surface area (TPSA) is 104 Å². The van der Waals surface area contributed by atoms with Crippen LogP contribution in [0.3, 0.4) is 0 Å². The molecule has 0 radical (unpaired) electrons. The van der Waals surface area contributed by atoms with Gasteiger partial charge in [-0.3, -0.25) is 4.79 Å². The average Bonchev–Trinajstić information content (AvgIpc) is 2.65. The Bertz CT molecular complexity index is 724. The van der Waals surface area contributed by atoms with Crippen molar-refractivity contribution in [2.24, 2.45) is 0 Å². The summed E-state index contributed by atoms with van der Waals surface area (Å²) in [4.78, 5) is 24.8. The maximum absolute atomic E-state index is 12.7. The SMILES string of the molecule is COCCCCC(=O)N1CCN(S(=O)(=O)c2ccc(C(=O)O)cc2)CC1. The van der Waals surface area contributed by atoms with Crippen molar-refractivity contribution in [2.75, 3.05) is 39.9 Å². The normalized spacial score (nSPS) is 15.8. The van der Waals surface area contributed by atoms with Crippen LogP contribution in [0, 0.1) is 0 Å². The minimum absolute atomic E-state index is 0.0314. The minimum atomic E-state index is -3.69. The number of carbonyl (C=O) groups is 2. The Balaban J connectivity index is 1.91. The van der Waals surface area contributed by atoms with Crippen molar-refractivity contribution >= 4 is 21.9 Å². The lowest BCUT2D eigenvalue weighted by Gasteiger charge is -2.34. The van der Waals surface area contributed by atoms with Crippen molar-refractivity contribution < 1.29 is 27.9 Å². The molecule has 1 heterocycles. The van der Waals surface area contributed by atoms with E-state index in [1.807, 2.05) is 0 Å². The average molecular weight is 384 g/mol. The van der Waals surface area contributed by atoms with Crippen molar-refractivity contribution in [3.63, 3.8) is 0 Å². The number of hydrogen-bond donors (Lipinski definition) is 1. The molecule has 0 atom stereocenters. The first kappa shape index (κ1) is 20.3. The standard InChI is InChI=1S/C17H24N2O6S/c1-25-13-3-2-4-16(20)18-9-11-19(12-10-18)26(23,24)15-7-5-14(6-8-15)17(21)22/h5-8H,2-4,9-13H2,1H3,(H,21,22). The second kappa shape index (κ2) is 9.11. The van der Waals surface area contributed by atoms with Crippen LogP contribution in [0.2, 0.25) is 0 Å². The van der Waals surface area contributed by atoms with E-state index in [1.165, 1.54) is 28.6 Å². The fourth-order valence-corrected chi connectivity index (χ4v) is 4.20. The number of hydrogen-bond acceptors (Lipinski definition) is 5. The van der Waals surface area contributed by atoms with Crippen LogP contribution in [0.15, 0.2) is 29.2 Å². The molecule has 9 heteroatoms. The zero-order valence-electron chi connectivity index (χ0n) is 14.8. The van der Waals surface area contributed by atoms with Crippen molar-refractivity contribution in [1.29, 1.82) is 0 Å². The Kier molecular flexibility index (Phi) is 7.13. The molecule has 0 aromatic heterocycles. The molecule has 0 unspecified atom stereocenters. The maximum Gasteiger partial charge on any atom is 0.335 e. The summed E-state index contributed by atoms with van der Waals surface area (Å²) < 4.78 is 31.6. The predicted molar refractivity (Wildman–Crippen MR) is 94.5 cm³/mol. The van der Waals surface area contributed by atoms with Crippen LogP contribution in [-0.4, -0.2) is 74.5 Å². The molecule has 0 spiro atoms. The number of carbonyl (C=O) groups excluding carboxylic acids is 1. The molecule has 144 valence electrons. The zero-order chi connectivity index (χ0) is 19.2. The molecule has 1 amide bonds. The third-order valence-corrected chi connectivity index (χ3v) is 6.23. The lowest BCUT2D eigenvalue weighted by molar-refractivity contribution is -0.132. The van der Waals surface area contributed by atoms with Gasteiger partial charge in [0, 0.05) is 46.3 Å². The second-order valence-corrected chi connectivity index (χ2v) is 8.00. The number of methoxy groups -OCH3 is 1.